The van der Waals surface area contributed by atoms with Crippen LogP contribution in [0, 0.1) is 0 Å². The maximum absolute atomic E-state index is 12.7. The Bertz CT molecular complexity index is 931. The van der Waals surface area contributed by atoms with Crippen LogP contribution in [0.25, 0.3) is 0 Å². The molecule has 32 heavy (non-hydrogen) atoms. The summed E-state index contributed by atoms with van der Waals surface area (Å²) >= 11 is 0. The van der Waals surface area contributed by atoms with Crippen LogP contribution in [0.1, 0.15) is 18.4 Å². The topological polar surface area (TPSA) is 162 Å². The number of carbonyl (C=O) groups is 4. The maximum Gasteiger partial charge on any atom is 0.326 e. The van der Waals surface area contributed by atoms with E-state index in [-0.39, 0.29) is 18.6 Å². The average molecular weight is 444 g/mol. The fraction of sp³-hybridized carbons (Fsp3) is 0.273. The second kappa shape index (κ2) is 11.9. The molecule has 2 aromatic rings. The Balaban J connectivity index is 2.01. The van der Waals surface area contributed by atoms with Crippen LogP contribution in [0.2, 0.25) is 0 Å². The third-order valence-corrected chi connectivity index (χ3v) is 4.40. The van der Waals surface area contributed by atoms with E-state index in [4.69, 9.17) is 9.84 Å². The number of ether oxygens (including phenoxy) is 1. The third-order valence-electron chi connectivity index (χ3n) is 4.40. The Hall–Kier alpha value is -4.08. The van der Waals surface area contributed by atoms with Gasteiger partial charge in [-0.3, -0.25) is 14.4 Å². The Morgan fingerprint density at radius 1 is 0.875 bits per heavy atom. The molecule has 0 radical (unpaired) electrons. The molecular formula is C22H24N2O8. The van der Waals surface area contributed by atoms with Crippen molar-refractivity contribution in [3.63, 3.8) is 0 Å². The molecule has 2 rings (SSSR count). The van der Waals surface area contributed by atoms with Gasteiger partial charge in [0.2, 0.25) is 5.91 Å². The van der Waals surface area contributed by atoms with E-state index < -0.39 is 48.9 Å². The lowest BCUT2D eigenvalue weighted by atomic mass is 10.0. The molecule has 0 aliphatic rings. The summed E-state index contributed by atoms with van der Waals surface area (Å²) in [6.07, 6.45) is -0.713. The van der Waals surface area contributed by atoms with Gasteiger partial charge in [0.05, 0.1) is 0 Å². The second-order valence-electron chi connectivity index (χ2n) is 6.92. The first kappa shape index (κ1) is 24.2. The first-order chi connectivity index (χ1) is 15.2. The van der Waals surface area contributed by atoms with Gasteiger partial charge in [-0.1, -0.05) is 30.3 Å². The van der Waals surface area contributed by atoms with Crippen LogP contribution in [-0.2, 0) is 25.6 Å². The van der Waals surface area contributed by atoms with Gasteiger partial charge in [-0.25, -0.2) is 4.79 Å². The van der Waals surface area contributed by atoms with Gasteiger partial charge < -0.3 is 30.7 Å². The third kappa shape index (κ3) is 8.34. The number of amides is 2. The number of phenols is 1. The highest BCUT2D eigenvalue weighted by Crippen LogP contribution is 2.12. The molecule has 0 aliphatic carbocycles. The molecule has 2 amide bonds. The number of benzene rings is 2. The minimum Gasteiger partial charge on any atom is -0.508 e. The summed E-state index contributed by atoms with van der Waals surface area (Å²) in [6, 6.07) is 11.7. The molecule has 0 fully saturated rings. The van der Waals surface area contributed by atoms with Crippen molar-refractivity contribution >= 4 is 23.8 Å². The molecule has 0 bridgehead atoms. The number of carboxylic acid groups (broad SMARTS) is 2. The number of hydrogen-bond donors (Lipinski definition) is 5. The summed E-state index contributed by atoms with van der Waals surface area (Å²) in [6.45, 7) is -0.406. The van der Waals surface area contributed by atoms with Gasteiger partial charge in [0.25, 0.3) is 5.91 Å². The van der Waals surface area contributed by atoms with Gasteiger partial charge in [-0.15, -0.1) is 0 Å². The Kier molecular flexibility index (Phi) is 9.03. The van der Waals surface area contributed by atoms with E-state index in [0.29, 0.717) is 11.3 Å². The van der Waals surface area contributed by atoms with E-state index in [1.54, 1.807) is 30.3 Å². The molecular weight excluding hydrogens is 420 g/mol. The van der Waals surface area contributed by atoms with Crippen molar-refractivity contribution in [3.8, 4) is 11.5 Å². The fourth-order valence-corrected chi connectivity index (χ4v) is 2.78. The molecule has 10 nitrogen and oxygen atoms in total. The van der Waals surface area contributed by atoms with Crippen LogP contribution < -0.4 is 15.4 Å². The lowest BCUT2D eigenvalue weighted by molar-refractivity contribution is -0.143. The zero-order valence-electron chi connectivity index (χ0n) is 17.1. The highest BCUT2D eigenvalue weighted by atomic mass is 16.5. The average Bonchev–Trinajstić information content (AvgIpc) is 2.76. The smallest absolute Gasteiger partial charge is 0.326 e. The monoisotopic (exact) mass is 444 g/mol. The second-order valence-corrected chi connectivity index (χ2v) is 6.92. The molecule has 0 aliphatic heterocycles. The lowest BCUT2D eigenvalue weighted by Gasteiger charge is -2.21. The van der Waals surface area contributed by atoms with Crippen molar-refractivity contribution in [1.29, 1.82) is 0 Å². The zero-order chi connectivity index (χ0) is 23.5. The number of para-hydroxylation sites is 1. The fourth-order valence-electron chi connectivity index (χ4n) is 2.78. The van der Waals surface area contributed by atoms with Gasteiger partial charge in [0.15, 0.2) is 6.61 Å². The van der Waals surface area contributed by atoms with Crippen LogP contribution in [0.3, 0.4) is 0 Å². The number of aromatic hydroxyl groups is 1. The minimum absolute atomic E-state index is 0.0128. The molecule has 170 valence electrons. The largest absolute Gasteiger partial charge is 0.508 e. The van der Waals surface area contributed by atoms with E-state index in [1.165, 1.54) is 24.3 Å². The van der Waals surface area contributed by atoms with Crippen LogP contribution in [-0.4, -0.2) is 57.8 Å². The predicted octanol–water partition coefficient (Wildman–Crippen LogP) is 0.933. The summed E-state index contributed by atoms with van der Waals surface area (Å²) in [5.74, 6) is -3.51. The summed E-state index contributed by atoms with van der Waals surface area (Å²) < 4.78 is 5.31. The first-order valence-corrected chi connectivity index (χ1v) is 9.74. The molecule has 0 heterocycles. The molecule has 0 saturated heterocycles. The molecule has 10 heteroatoms. The number of carbonyl (C=O) groups excluding carboxylic acids is 2. The van der Waals surface area contributed by atoms with Crippen LogP contribution >= 0.6 is 0 Å². The molecule has 5 N–H and O–H groups in total. The molecule has 0 aromatic heterocycles. The van der Waals surface area contributed by atoms with E-state index in [9.17, 15) is 29.4 Å². The quantitative estimate of drug-likeness (QED) is 0.323. The normalized spacial score (nSPS) is 12.2. The zero-order valence-corrected chi connectivity index (χ0v) is 17.1. The summed E-state index contributed by atoms with van der Waals surface area (Å²) in [5.41, 5.74) is 0.554. The van der Waals surface area contributed by atoms with E-state index in [0.717, 1.165) is 0 Å². The van der Waals surface area contributed by atoms with Crippen LogP contribution in [0.15, 0.2) is 54.6 Å². The van der Waals surface area contributed by atoms with Crippen molar-refractivity contribution in [2.24, 2.45) is 0 Å². The van der Waals surface area contributed by atoms with Gasteiger partial charge in [0.1, 0.15) is 23.6 Å². The number of hydrogen-bond acceptors (Lipinski definition) is 6. The van der Waals surface area contributed by atoms with E-state index in [2.05, 4.69) is 10.6 Å². The predicted molar refractivity (Wildman–Crippen MR) is 112 cm³/mol. The number of phenolic OH excluding ortho intramolecular Hbond substituents is 1. The van der Waals surface area contributed by atoms with Crippen molar-refractivity contribution in [2.45, 2.75) is 31.3 Å². The molecule has 0 spiro atoms. The SMILES string of the molecule is O=C(O)CC[C@@H](NC(=O)COc1ccccc1)C(=O)N[C@@H](Cc1ccc(O)cc1)C(=O)O. The molecule has 0 saturated carbocycles. The minimum atomic E-state index is -1.32. The molecule has 2 aromatic carbocycles. The summed E-state index contributed by atoms with van der Waals surface area (Å²) in [4.78, 5) is 47.4. The maximum atomic E-state index is 12.7. The highest BCUT2D eigenvalue weighted by molar-refractivity contribution is 5.91. The number of nitrogens with one attached hydrogen (secondary N) is 2. The first-order valence-electron chi connectivity index (χ1n) is 9.74. The molecule has 0 unspecified atom stereocenters. The highest BCUT2D eigenvalue weighted by Gasteiger charge is 2.27. The standard InChI is InChI=1S/C22H24N2O8/c25-15-8-6-14(7-9-15)12-18(22(30)31)24-21(29)17(10-11-20(27)28)23-19(26)13-32-16-4-2-1-3-5-16/h1-9,17-18,25H,10-13H2,(H,23,26)(H,24,29)(H,27,28)(H,30,31)/t17-,18+/m1/s1. The van der Waals surface area contributed by atoms with Gasteiger partial charge in [-0.05, 0) is 36.2 Å². The number of carboxylic acids is 2. The van der Waals surface area contributed by atoms with Gasteiger partial charge in [-0.2, -0.15) is 0 Å². The van der Waals surface area contributed by atoms with Crippen LogP contribution in [0.4, 0.5) is 0 Å². The van der Waals surface area contributed by atoms with Crippen LogP contribution in [0.5, 0.6) is 11.5 Å². The summed E-state index contributed by atoms with van der Waals surface area (Å²) in [5, 5.41) is 32.5. The summed E-state index contributed by atoms with van der Waals surface area (Å²) in [7, 11) is 0. The number of aliphatic carboxylic acids is 2. The Morgan fingerprint density at radius 3 is 2.12 bits per heavy atom. The Labute approximate surface area is 183 Å². The van der Waals surface area contributed by atoms with Gasteiger partial charge in [0, 0.05) is 12.8 Å². The van der Waals surface area contributed by atoms with E-state index >= 15 is 0 Å². The lowest BCUT2D eigenvalue weighted by Crippen LogP contribution is -2.53. The van der Waals surface area contributed by atoms with Crippen molar-refractivity contribution < 1.29 is 39.2 Å². The van der Waals surface area contributed by atoms with Crippen molar-refractivity contribution in [3.05, 3.63) is 60.2 Å². The van der Waals surface area contributed by atoms with Crippen molar-refractivity contribution in [2.75, 3.05) is 6.61 Å². The molecule has 2 atom stereocenters. The Morgan fingerprint density at radius 2 is 1.53 bits per heavy atom. The van der Waals surface area contributed by atoms with Gasteiger partial charge >= 0.3 is 11.9 Å². The van der Waals surface area contributed by atoms with E-state index in [1.807, 2.05) is 0 Å². The number of rotatable bonds is 12. The van der Waals surface area contributed by atoms with Crippen molar-refractivity contribution in [1.82, 2.24) is 10.6 Å².